The minimum Gasteiger partial charge on any atom is -0.346 e. The molecule has 5 aromatic rings. The fraction of sp³-hybridized carbons (Fsp3) is 0.250. The van der Waals surface area contributed by atoms with Crippen molar-refractivity contribution >= 4 is 34.9 Å². The van der Waals surface area contributed by atoms with E-state index in [0.717, 1.165) is 58.5 Å². The van der Waals surface area contributed by atoms with Crippen LogP contribution in [0.1, 0.15) is 36.8 Å². The van der Waals surface area contributed by atoms with E-state index in [0.29, 0.717) is 17.0 Å². The van der Waals surface area contributed by atoms with Crippen LogP contribution < -0.4 is 0 Å². The Labute approximate surface area is 211 Å². The number of rotatable bonds is 9. The molecule has 0 aliphatic rings. The number of fused-ring (bicyclic) bond motifs is 1. The van der Waals surface area contributed by atoms with E-state index in [4.69, 9.17) is 0 Å². The van der Waals surface area contributed by atoms with Gasteiger partial charge in [-0.3, -0.25) is 4.57 Å². The van der Waals surface area contributed by atoms with Gasteiger partial charge >= 0.3 is 0 Å². The Balaban J connectivity index is 1.59. The number of H-pyrrole nitrogens is 1. The van der Waals surface area contributed by atoms with Gasteiger partial charge in [-0.15, -0.1) is 10.2 Å². The van der Waals surface area contributed by atoms with Crippen LogP contribution in [0.15, 0.2) is 59.3 Å². The highest BCUT2D eigenvalue weighted by molar-refractivity contribution is 9.10. The number of nitrogens with one attached hydrogen (secondary N) is 1. The summed E-state index contributed by atoms with van der Waals surface area (Å²) in [5, 5.41) is 15.7. The molecule has 11 heteroatoms. The van der Waals surface area contributed by atoms with Crippen LogP contribution in [-0.4, -0.2) is 39.6 Å². The van der Waals surface area contributed by atoms with Crippen molar-refractivity contribution in [2.45, 2.75) is 38.9 Å². The predicted octanol–water partition coefficient (Wildman–Crippen LogP) is 5.13. The summed E-state index contributed by atoms with van der Waals surface area (Å²) >= 11 is 3.52. The van der Waals surface area contributed by atoms with Crippen LogP contribution in [-0.2, 0) is 23.7 Å². The molecule has 0 fully saturated rings. The highest BCUT2D eigenvalue weighted by Crippen LogP contribution is 2.32. The summed E-state index contributed by atoms with van der Waals surface area (Å²) in [5.74, 6) is 1.46. The second-order valence-electron chi connectivity index (χ2n) is 8.31. The number of hydrogen-bond acceptors (Lipinski definition) is 5. The van der Waals surface area contributed by atoms with E-state index in [9.17, 15) is 9.46 Å². The number of nitrogens with zero attached hydrogens (tertiary/aromatic N) is 6. The molecule has 0 saturated carbocycles. The molecule has 0 aliphatic carbocycles. The summed E-state index contributed by atoms with van der Waals surface area (Å²) in [6.45, 7) is 2.71. The zero-order valence-electron chi connectivity index (χ0n) is 19.1. The monoisotopic (exact) mass is 553 g/mol. The Morgan fingerprint density at radius 1 is 1.14 bits per heavy atom. The molecule has 35 heavy (non-hydrogen) atoms. The predicted molar refractivity (Wildman–Crippen MR) is 139 cm³/mol. The third kappa shape index (κ3) is 4.74. The van der Waals surface area contributed by atoms with Crippen molar-refractivity contribution in [1.29, 1.82) is 0 Å². The fourth-order valence-electron chi connectivity index (χ4n) is 4.43. The number of tetrazole rings is 1. The number of aryl methyl sites for hydroxylation is 1. The Hall–Kier alpha value is -3.07. The first-order valence-corrected chi connectivity index (χ1v) is 13.8. The van der Waals surface area contributed by atoms with Gasteiger partial charge in [-0.1, -0.05) is 37.6 Å². The van der Waals surface area contributed by atoms with Gasteiger partial charge in [0.2, 0.25) is 5.82 Å². The number of hydrogen-bond donors (Lipinski definition) is 2. The van der Waals surface area contributed by atoms with Gasteiger partial charge in [0.25, 0.3) is 0 Å². The molecule has 3 aromatic heterocycles. The second-order valence-corrected chi connectivity index (χ2v) is 10.2. The van der Waals surface area contributed by atoms with Gasteiger partial charge in [0.1, 0.15) is 10.4 Å². The number of imidazole rings is 1. The SMILES string of the molecule is CCCCc1nc(Br)c(C[PH](=O)O)n1Cc1cccc2c1ccn2-c1ccccc1-c1nn[nH]n1. The molecule has 1 unspecified atom stereocenters. The molecule has 0 spiro atoms. The Morgan fingerprint density at radius 3 is 2.77 bits per heavy atom. The molecule has 1 atom stereocenters. The van der Waals surface area contributed by atoms with Gasteiger partial charge in [-0.05, 0) is 57.4 Å². The first kappa shape index (κ1) is 23.7. The number of unbranched alkanes of at least 4 members (excludes halogenated alkanes) is 1. The highest BCUT2D eigenvalue weighted by atomic mass is 79.9. The van der Waals surface area contributed by atoms with Crippen molar-refractivity contribution in [2.75, 3.05) is 0 Å². The first-order valence-electron chi connectivity index (χ1n) is 11.4. The van der Waals surface area contributed by atoms with E-state index in [-0.39, 0.29) is 6.16 Å². The molecule has 3 heterocycles. The van der Waals surface area contributed by atoms with E-state index in [2.05, 4.69) is 75.8 Å². The molecule has 0 radical (unpaired) electrons. The zero-order valence-corrected chi connectivity index (χ0v) is 21.7. The van der Waals surface area contributed by atoms with E-state index in [1.807, 2.05) is 36.5 Å². The number of halogens is 1. The van der Waals surface area contributed by atoms with Crippen molar-refractivity contribution in [3.8, 4) is 17.1 Å². The lowest BCUT2D eigenvalue weighted by Crippen LogP contribution is -2.09. The van der Waals surface area contributed by atoms with Crippen molar-refractivity contribution in [2.24, 2.45) is 0 Å². The van der Waals surface area contributed by atoms with Crippen LogP contribution in [0.4, 0.5) is 0 Å². The van der Waals surface area contributed by atoms with Gasteiger partial charge in [-0.2, -0.15) is 5.21 Å². The first-order chi connectivity index (χ1) is 17.1. The smallest absolute Gasteiger partial charge is 0.206 e. The topological polar surface area (TPSA) is 115 Å². The fourth-order valence-corrected chi connectivity index (χ4v) is 5.89. The minimum atomic E-state index is -2.69. The molecule has 0 saturated heterocycles. The Kier molecular flexibility index (Phi) is 6.95. The normalized spacial score (nSPS) is 12.4. The molecular weight excluding hydrogens is 529 g/mol. The highest BCUT2D eigenvalue weighted by Gasteiger charge is 2.19. The molecule has 180 valence electrons. The summed E-state index contributed by atoms with van der Waals surface area (Å²) in [6.07, 6.45) is 5.01. The lowest BCUT2D eigenvalue weighted by Gasteiger charge is -2.14. The summed E-state index contributed by atoms with van der Waals surface area (Å²) in [7, 11) is -2.69. The number of aromatic nitrogens is 7. The van der Waals surface area contributed by atoms with Crippen LogP contribution in [0.2, 0.25) is 0 Å². The number of aromatic amines is 1. The molecule has 0 amide bonds. The van der Waals surface area contributed by atoms with Gasteiger partial charge in [-0.25, -0.2) is 4.98 Å². The van der Waals surface area contributed by atoms with Gasteiger partial charge < -0.3 is 14.0 Å². The molecule has 0 aliphatic heterocycles. The van der Waals surface area contributed by atoms with Crippen molar-refractivity contribution in [3.63, 3.8) is 0 Å². The maximum Gasteiger partial charge on any atom is 0.206 e. The van der Waals surface area contributed by atoms with Crippen LogP contribution in [0.25, 0.3) is 28.0 Å². The standard InChI is InChI=1S/C24H25BrN7O2P/c1-2-3-11-22-26-23(25)21(15-35(33)34)32(22)14-16-7-6-10-19-17(16)12-13-31(19)20-9-5-4-8-18(20)24-27-29-30-28-24/h4-10,12-13,35H,2-3,11,14-15H2,1H3,(H,33,34)(H,27,28,29,30). The van der Waals surface area contributed by atoms with E-state index < -0.39 is 8.03 Å². The van der Waals surface area contributed by atoms with Gasteiger partial charge in [0.15, 0.2) is 8.03 Å². The van der Waals surface area contributed by atoms with Crippen LogP contribution >= 0.6 is 24.0 Å². The number of para-hydroxylation sites is 1. The molecule has 2 N–H and O–H groups in total. The van der Waals surface area contributed by atoms with Crippen LogP contribution in [0.3, 0.4) is 0 Å². The Morgan fingerprint density at radius 2 is 2.00 bits per heavy atom. The maximum atomic E-state index is 11.8. The van der Waals surface area contributed by atoms with E-state index in [1.54, 1.807) is 0 Å². The molecule has 0 bridgehead atoms. The second kappa shape index (κ2) is 10.3. The molecular formula is C24H25BrN7O2P. The largest absolute Gasteiger partial charge is 0.346 e. The molecule has 2 aromatic carbocycles. The summed E-state index contributed by atoms with van der Waals surface area (Å²) in [6, 6.07) is 16.3. The molecule has 9 nitrogen and oxygen atoms in total. The average molecular weight is 554 g/mol. The van der Waals surface area contributed by atoms with Gasteiger partial charge in [0.05, 0.1) is 23.1 Å². The van der Waals surface area contributed by atoms with Crippen molar-refractivity contribution < 1.29 is 9.46 Å². The van der Waals surface area contributed by atoms with E-state index in [1.165, 1.54) is 0 Å². The van der Waals surface area contributed by atoms with Crippen LogP contribution in [0, 0.1) is 0 Å². The summed E-state index contributed by atoms with van der Waals surface area (Å²) < 4.78 is 16.6. The zero-order chi connectivity index (χ0) is 24.4. The number of benzene rings is 2. The summed E-state index contributed by atoms with van der Waals surface area (Å²) in [5.41, 5.74) is 4.75. The van der Waals surface area contributed by atoms with Crippen molar-refractivity contribution in [1.82, 2.24) is 34.7 Å². The average Bonchev–Trinajstić information content (AvgIpc) is 3.59. The lowest BCUT2D eigenvalue weighted by molar-refractivity contribution is 0.500. The van der Waals surface area contributed by atoms with Crippen molar-refractivity contribution in [3.05, 3.63) is 76.4 Å². The third-order valence-electron chi connectivity index (χ3n) is 6.08. The van der Waals surface area contributed by atoms with Crippen LogP contribution in [0.5, 0.6) is 0 Å². The quantitative estimate of drug-likeness (QED) is 0.244. The molecule has 5 rings (SSSR count). The summed E-state index contributed by atoms with van der Waals surface area (Å²) in [4.78, 5) is 14.4. The lowest BCUT2D eigenvalue weighted by atomic mass is 10.1. The maximum absolute atomic E-state index is 11.8. The minimum absolute atomic E-state index is 0.0967. The Bertz CT molecular complexity index is 1490. The van der Waals surface area contributed by atoms with Gasteiger partial charge in [0, 0.05) is 30.1 Å². The third-order valence-corrected chi connectivity index (χ3v) is 7.35. The van der Waals surface area contributed by atoms with E-state index >= 15 is 0 Å².